The first-order chi connectivity index (χ1) is 46.9. The molecule has 0 radical (unpaired) electrons. The number of halogens is 12. The molecular formula is C84H108Br8Cl4S4Zr2. The van der Waals surface area contributed by atoms with Crippen LogP contribution in [0.3, 0.4) is 0 Å². The van der Waals surface area contributed by atoms with Gasteiger partial charge in [0.2, 0.25) is 0 Å². The fraction of sp³-hybridized carbons (Fsp3) is 0.571. The van der Waals surface area contributed by atoms with Gasteiger partial charge >= 0.3 is 75.7 Å². The SMILES string of the molecule is CC1=Cc2c(Br)ccc(Sc3ccc(Br)c4c3CC(C)=C4)c2C1.CC1=Cc2c(Br)ccc(Sc3ccc(Br)c4c3CC(C)=C4)c2C1.CC1CC2C(Br)CCC(SC3CCC(Br)C4CC(C)CC34)C2C1.CC1CC2C(Br)CCC(SC3CCC(Br)C4CC(C)CC34)C2C1.[CH3-].[CH3-].[CH3-].[CH3-].[Cl][Zr+2][Cl].[Cl][Zr+2][Cl]. The predicted molar refractivity (Wildman–Crippen MR) is 483 cm³/mol. The summed E-state index contributed by atoms with van der Waals surface area (Å²) in [6, 6.07) is 17.7. The number of allylic oxidation sites excluding steroid dienone is 4. The van der Waals surface area contributed by atoms with Crippen molar-refractivity contribution in [3.05, 3.63) is 163 Å². The first-order valence-corrected chi connectivity index (χ1v) is 59.0. The maximum absolute atomic E-state index is 4.93. The first kappa shape index (κ1) is 93.2. The van der Waals surface area contributed by atoms with E-state index in [2.05, 4.69) is 279 Å². The first-order valence-electron chi connectivity index (χ1n) is 36.0. The van der Waals surface area contributed by atoms with Gasteiger partial charge in [-0.3, -0.25) is 0 Å². The molecule has 12 aliphatic rings. The molecule has 0 saturated heterocycles. The van der Waals surface area contributed by atoms with Gasteiger partial charge in [-0.25, -0.2) is 0 Å². The van der Waals surface area contributed by atoms with Crippen LogP contribution in [0.25, 0.3) is 24.3 Å². The summed E-state index contributed by atoms with van der Waals surface area (Å²) < 4.78 is 4.80. The van der Waals surface area contributed by atoms with Crippen LogP contribution in [0, 0.1) is 101 Å². The van der Waals surface area contributed by atoms with E-state index in [1.165, 1.54) is 207 Å². The van der Waals surface area contributed by atoms with Crippen LogP contribution >= 0.6 is 209 Å². The average molecular weight is 2210 g/mol. The summed E-state index contributed by atoms with van der Waals surface area (Å²) in [7, 11) is 19.7. The van der Waals surface area contributed by atoms with Gasteiger partial charge in [-0.15, -0.1) is 0 Å². The molecule has 12 aliphatic carbocycles. The van der Waals surface area contributed by atoms with Gasteiger partial charge in [0.25, 0.3) is 0 Å². The van der Waals surface area contributed by atoms with Gasteiger partial charge in [0.15, 0.2) is 0 Å². The third-order valence-electron chi connectivity index (χ3n) is 23.8. The molecule has 16 rings (SSSR count). The average Bonchev–Trinajstić information content (AvgIpc) is 1.61. The van der Waals surface area contributed by atoms with Crippen LogP contribution in [0.2, 0.25) is 0 Å². The van der Waals surface area contributed by atoms with E-state index < -0.39 is 41.7 Å². The standard InChI is InChI=1S/2C20H32Br2S.2C20H16Br2S.4CH3.4ClH.2Zr/c4*1-11-7-13-15(9-11)19(5-3-17(13)21)23-20-6-4-18(22)14-8-12(2)10-16(14)20;;;;;;;;;;/h2*11-20H,3-10H2,1-2H3;2*3-8H,9-10H2,1-2H3;4*1H3;4*1H;;/q;;;;4*-1;;;;;2*+4/p-4. The molecule has 0 aliphatic heterocycles. The van der Waals surface area contributed by atoms with Crippen molar-refractivity contribution in [2.45, 2.75) is 244 Å². The molecule has 0 aromatic heterocycles. The van der Waals surface area contributed by atoms with Crippen LogP contribution in [0.5, 0.6) is 0 Å². The molecule has 560 valence electrons. The van der Waals surface area contributed by atoms with E-state index in [1.807, 2.05) is 23.5 Å². The van der Waals surface area contributed by atoms with E-state index in [0.29, 0.717) is 0 Å². The fourth-order valence-corrected chi connectivity index (χ4v) is 31.5. The predicted octanol–water partition coefficient (Wildman–Crippen LogP) is 32.9. The van der Waals surface area contributed by atoms with Crippen molar-refractivity contribution >= 4 is 233 Å². The third kappa shape index (κ3) is 22.8. The Bertz CT molecular complexity index is 3140. The molecule has 0 spiro atoms. The number of hydrogen-bond donors (Lipinski definition) is 0. The van der Waals surface area contributed by atoms with E-state index >= 15 is 0 Å². The van der Waals surface area contributed by atoms with Gasteiger partial charge in [-0.05, 0) is 320 Å². The van der Waals surface area contributed by atoms with Crippen molar-refractivity contribution in [1.29, 1.82) is 0 Å². The molecule has 0 N–H and O–H groups in total. The number of hydrogen-bond acceptors (Lipinski definition) is 4. The Morgan fingerprint density at radius 1 is 0.314 bits per heavy atom. The fourth-order valence-electron chi connectivity index (χ4n) is 19.7. The molecule has 4 aromatic rings. The summed E-state index contributed by atoms with van der Waals surface area (Å²) in [6.45, 7) is 18.8. The zero-order valence-corrected chi connectivity index (χ0v) is 85.7. The van der Waals surface area contributed by atoms with Crippen LogP contribution < -0.4 is 0 Å². The molecule has 0 bridgehead atoms. The summed E-state index contributed by atoms with van der Waals surface area (Å²) in [5.74, 6) is 11.8. The van der Waals surface area contributed by atoms with Gasteiger partial charge in [-0.2, -0.15) is 23.5 Å². The van der Waals surface area contributed by atoms with Crippen LogP contribution in [0.4, 0.5) is 0 Å². The molecule has 0 heterocycles. The Labute approximate surface area is 741 Å². The van der Waals surface area contributed by atoms with E-state index in [-0.39, 0.29) is 29.7 Å². The molecule has 20 atom stereocenters. The molecule has 0 amide bonds. The van der Waals surface area contributed by atoms with E-state index in [0.717, 1.165) is 137 Å². The summed E-state index contributed by atoms with van der Waals surface area (Å²) >= 11 is 37.9. The van der Waals surface area contributed by atoms with E-state index in [9.17, 15) is 0 Å². The van der Waals surface area contributed by atoms with Crippen molar-refractivity contribution < 1.29 is 41.7 Å². The Balaban J connectivity index is 0.000000183. The van der Waals surface area contributed by atoms with Gasteiger partial charge in [0.1, 0.15) is 0 Å². The van der Waals surface area contributed by atoms with Crippen molar-refractivity contribution in [2.24, 2.45) is 71.0 Å². The summed E-state index contributed by atoms with van der Waals surface area (Å²) in [4.78, 5) is 8.77. The minimum atomic E-state index is -0.826. The number of rotatable bonds is 8. The number of thioether (sulfide) groups is 2. The topological polar surface area (TPSA) is 0 Å². The van der Waals surface area contributed by atoms with Crippen molar-refractivity contribution in [1.82, 2.24) is 0 Å². The summed E-state index contributed by atoms with van der Waals surface area (Å²) in [6.07, 6.45) is 37.0. The van der Waals surface area contributed by atoms with Crippen LogP contribution in [-0.4, -0.2) is 40.3 Å². The number of benzene rings is 4. The molecular weight excluding hydrogens is 2100 g/mol. The Morgan fingerprint density at radius 3 is 0.696 bits per heavy atom. The molecule has 102 heavy (non-hydrogen) atoms. The van der Waals surface area contributed by atoms with Crippen LogP contribution in [0.1, 0.15) is 203 Å². The maximum atomic E-state index is 4.93. The third-order valence-corrected chi connectivity index (χ3v) is 37.3. The molecule has 8 saturated carbocycles. The van der Waals surface area contributed by atoms with E-state index in [4.69, 9.17) is 34.1 Å². The van der Waals surface area contributed by atoms with Crippen LogP contribution in [0.15, 0.2) is 108 Å². The van der Waals surface area contributed by atoms with Gasteiger partial charge in [0, 0.05) is 77.8 Å². The molecule has 8 fully saturated rings. The minimum absolute atomic E-state index is 0. The van der Waals surface area contributed by atoms with Crippen molar-refractivity contribution in [3.63, 3.8) is 0 Å². The monoisotopic (exact) mass is 2200 g/mol. The molecule has 0 nitrogen and oxygen atoms in total. The quantitative estimate of drug-likeness (QED) is 0.127. The van der Waals surface area contributed by atoms with Crippen LogP contribution in [-0.2, 0) is 67.4 Å². The van der Waals surface area contributed by atoms with Crippen molar-refractivity contribution in [3.8, 4) is 0 Å². The second-order valence-corrected chi connectivity index (χ2v) is 51.9. The molecule has 20 unspecified atom stereocenters. The van der Waals surface area contributed by atoms with E-state index in [1.54, 1.807) is 0 Å². The van der Waals surface area contributed by atoms with Gasteiger partial charge in [0.05, 0.1) is 0 Å². The zero-order chi connectivity index (χ0) is 70.0. The Morgan fingerprint density at radius 2 is 0.500 bits per heavy atom. The van der Waals surface area contributed by atoms with Gasteiger partial charge in [-0.1, -0.05) is 225 Å². The second-order valence-electron chi connectivity index (χ2n) is 31.2. The summed E-state index contributed by atoms with van der Waals surface area (Å²) in [5.41, 5.74) is 17.0. The zero-order valence-electron chi connectivity index (χ0n) is 61.8. The second kappa shape index (κ2) is 43.3. The van der Waals surface area contributed by atoms with Crippen molar-refractivity contribution in [2.75, 3.05) is 0 Å². The number of fused-ring (bicyclic) bond motifs is 8. The normalized spacial score (nSPS) is 32.5. The molecule has 18 heteroatoms. The Hall–Kier alpha value is 4.01. The Kier molecular flexibility index (Phi) is 39.5. The number of alkyl halides is 4. The summed E-state index contributed by atoms with van der Waals surface area (Å²) in [5, 5.41) is 3.86. The molecule has 4 aromatic carbocycles. The van der Waals surface area contributed by atoms with Gasteiger partial charge < -0.3 is 29.7 Å².